The molecule has 1 N–H and O–H groups in total. The van der Waals surface area contributed by atoms with Crippen molar-refractivity contribution in [3.8, 4) is 0 Å². The fourth-order valence-electron chi connectivity index (χ4n) is 1.22. The number of carbonyl (C=O) groups is 1. The molecule has 1 aromatic rings. The van der Waals surface area contributed by atoms with Gasteiger partial charge < -0.3 is 10.1 Å². The SMILES string of the molecule is O=C1OCCNc2ccccc21. The summed E-state index contributed by atoms with van der Waals surface area (Å²) in [6, 6.07) is 7.36. The molecule has 0 aliphatic carbocycles. The van der Waals surface area contributed by atoms with Gasteiger partial charge in [0.2, 0.25) is 0 Å². The second-order valence-corrected chi connectivity index (χ2v) is 2.61. The lowest BCUT2D eigenvalue weighted by Gasteiger charge is -2.02. The number of hydrogen-bond donors (Lipinski definition) is 1. The van der Waals surface area contributed by atoms with Crippen molar-refractivity contribution in [1.82, 2.24) is 0 Å². The molecule has 0 saturated carbocycles. The van der Waals surface area contributed by atoms with Gasteiger partial charge in [-0.3, -0.25) is 0 Å². The highest BCUT2D eigenvalue weighted by Gasteiger charge is 2.14. The number of carbonyl (C=O) groups excluding carboxylic acids is 1. The van der Waals surface area contributed by atoms with Crippen LogP contribution in [0.5, 0.6) is 0 Å². The zero-order valence-corrected chi connectivity index (χ0v) is 6.54. The quantitative estimate of drug-likeness (QED) is 0.585. The molecule has 0 amide bonds. The van der Waals surface area contributed by atoms with Gasteiger partial charge in [0.1, 0.15) is 6.61 Å². The van der Waals surface area contributed by atoms with Crippen LogP contribution in [0.15, 0.2) is 24.3 Å². The predicted molar refractivity (Wildman–Crippen MR) is 45.2 cm³/mol. The normalized spacial score (nSPS) is 15.5. The van der Waals surface area contributed by atoms with Crippen molar-refractivity contribution in [2.24, 2.45) is 0 Å². The van der Waals surface area contributed by atoms with Crippen LogP contribution in [0, 0.1) is 0 Å². The minimum atomic E-state index is -0.240. The molecular formula is C9H9NO2. The Morgan fingerprint density at radius 1 is 1.33 bits per heavy atom. The predicted octanol–water partition coefficient (Wildman–Crippen LogP) is 1.27. The highest BCUT2D eigenvalue weighted by molar-refractivity contribution is 5.96. The second kappa shape index (κ2) is 2.85. The summed E-state index contributed by atoms with van der Waals surface area (Å²) in [5.74, 6) is -0.240. The van der Waals surface area contributed by atoms with E-state index >= 15 is 0 Å². The number of esters is 1. The van der Waals surface area contributed by atoms with Crippen molar-refractivity contribution in [2.75, 3.05) is 18.5 Å². The summed E-state index contributed by atoms with van der Waals surface area (Å²) in [7, 11) is 0. The van der Waals surface area contributed by atoms with Crippen molar-refractivity contribution in [3.63, 3.8) is 0 Å². The Labute approximate surface area is 70.3 Å². The summed E-state index contributed by atoms with van der Waals surface area (Å²) in [6.45, 7) is 1.12. The molecule has 0 aromatic heterocycles. The van der Waals surface area contributed by atoms with Gasteiger partial charge in [0, 0.05) is 12.2 Å². The summed E-state index contributed by atoms with van der Waals surface area (Å²) >= 11 is 0. The molecule has 0 spiro atoms. The molecular weight excluding hydrogens is 154 g/mol. The monoisotopic (exact) mass is 163 g/mol. The maximum Gasteiger partial charge on any atom is 0.340 e. The number of rotatable bonds is 0. The number of fused-ring (bicyclic) bond motifs is 1. The first kappa shape index (κ1) is 7.16. The Bertz CT molecular complexity index is 309. The van der Waals surface area contributed by atoms with E-state index in [1.165, 1.54) is 0 Å². The van der Waals surface area contributed by atoms with Crippen LogP contribution in [0.4, 0.5) is 5.69 Å². The van der Waals surface area contributed by atoms with Crippen LogP contribution >= 0.6 is 0 Å². The maximum absolute atomic E-state index is 11.2. The van der Waals surface area contributed by atoms with Crippen LogP contribution < -0.4 is 5.32 Å². The summed E-state index contributed by atoms with van der Waals surface area (Å²) in [6.07, 6.45) is 0. The number of hydrogen-bond acceptors (Lipinski definition) is 3. The number of nitrogens with one attached hydrogen (secondary N) is 1. The summed E-state index contributed by atoms with van der Waals surface area (Å²) < 4.78 is 4.93. The van der Waals surface area contributed by atoms with Crippen LogP contribution in [-0.4, -0.2) is 19.1 Å². The zero-order chi connectivity index (χ0) is 8.39. The molecule has 62 valence electrons. The lowest BCUT2D eigenvalue weighted by atomic mass is 10.2. The third-order valence-electron chi connectivity index (χ3n) is 1.80. The fraction of sp³-hybridized carbons (Fsp3) is 0.222. The van der Waals surface area contributed by atoms with Crippen LogP contribution in [0.1, 0.15) is 10.4 Å². The van der Waals surface area contributed by atoms with Crippen molar-refractivity contribution in [1.29, 1.82) is 0 Å². The van der Waals surface area contributed by atoms with E-state index in [-0.39, 0.29) is 5.97 Å². The van der Waals surface area contributed by atoms with Gasteiger partial charge in [-0.2, -0.15) is 0 Å². The molecule has 1 aliphatic rings. The molecule has 3 nitrogen and oxygen atoms in total. The van der Waals surface area contributed by atoms with Gasteiger partial charge in [-0.15, -0.1) is 0 Å². The molecule has 2 rings (SSSR count). The summed E-state index contributed by atoms with van der Waals surface area (Å²) in [5.41, 5.74) is 1.48. The molecule has 0 saturated heterocycles. The van der Waals surface area contributed by atoms with E-state index in [0.29, 0.717) is 18.7 Å². The summed E-state index contributed by atoms with van der Waals surface area (Å²) in [4.78, 5) is 11.2. The first-order chi connectivity index (χ1) is 5.88. The standard InChI is InChI=1S/C9H9NO2/c11-9-7-3-1-2-4-8(7)10-5-6-12-9/h1-4,10H,5-6H2. The van der Waals surface area contributed by atoms with Crippen LogP contribution in [0.25, 0.3) is 0 Å². The Kier molecular flexibility index (Phi) is 1.70. The van der Waals surface area contributed by atoms with E-state index in [1.807, 2.05) is 18.2 Å². The maximum atomic E-state index is 11.2. The Hall–Kier alpha value is -1.51. The fourth-order valence-corrected chi connectivity index (χ4v) is 1.22. The van der Waals surface area contributed by atoms with Gasteiger partial charge in [0.25, 0.3) is 0 Å². The van der Waals surface area contributed by atoms with Gasteiger partial charge in [-0.25, -0.2) is 4.79 Å². The molecule has 0 unspecified atom stereocenters. The third kappa shape index (κ3) is 1.13. The Morgan fingerprint density at radius 2 is 2.17 bits per heavy atom. The van der Waals surface area contributed by atoms with E-state index in [9.17, 15) is 4.79 Å². The molecule has 0 atom stereocenters. The first-order valence-corrected chi connectivity index (χ1v) is 3.88. The Morgan fingerprint density at radius 3 is 3.08 bits per heavy atom. The molecule has 0 bridgehead atoms. The lowest BCUT2D eigenvalue weighted by molar-refractivity contribution is 0.0529. The smallest absolute Gasteiger partial charge is 0.340 e. The van der Waals surface area contributed by atoms with Gasteiger partial charge in [0.15, 0.2) is 0 Å². The van der Waals surface area contributed by atoms with Crippen LogP contribution in [0.2, 0.25) is 0 Å². The van der Waals surface area contributed by atoms with E-state index in [0.717, 1.165) is 5.69 Å². The van der Waals surface area contributed by atoms with Crippen LogP contribution in [0.3, 0.4) is 0 Å². The molecule has 1 heterocycles. The van der Waals surface area contributed by atoms with E-state index in [4.69, 9.17) is 4.74 Å². The largest absolute Gasteiger partial charge is 0.460 e. The van der Waals surface area contributed by atoms with Crippen molar-refractivity contribution in [3.05, 3.63) is 29.8 Å². The van der Waals surface area contributed by atoms with Crippen molar-refractivity contribution in [2.45, 2.75) is 0 Å². The molecule has 12 heavy (non-hydrogen) atoms. The van der Waals surface area contributed by atoms with E-state index in [2.05, 4.69) is 5.32 Å². The van der Waals surface area contributed by atoms with Gasteiger partial charge >= 0.3 is 5.97 Å². The minimum absolute atomic E-state index is 0.240. The average molecular weight is 163 g/mol. The number of benzene rings is 1. The van der Waals surface area contributed by atoms with Gasteiger partial charge in [-0.05, 0) is 12.1 Å². The molecule has 0 fully saturated rings. The van der Waals surface area contributed by atoms with E-state index < -0.39 is 0 Å². The second-order valence-electron chi connectivity index (χ2n) is 2.61. The molecule has 1 aromatic carbocycles. The minimum Gasteiger partial charge on any atom is -0.460 e. The Balaban J connectivity index is 2.46. The van der Waals surface area contributed by atoms with Crippen molar-refractivity contribution < 1.29 is 9.53 Å². The highest BCUT2D eigenvalue weighted by Crippen LogP contribution is 2.17. The van der Waals surface area contributed by atoms with Gasteiger partial charge in [0.05, 0.1) is 5.56 Å². The number of cyclic esters (lactones) is 1. The number of anilines is 1. The average Bonchev–Trinajstić information content (AvgIpc) is 2.29. The number of para-hydroxylation sites is 1. The molecule has 1 aliphatic heterocycles. The molecule has 3 heteroatoms. The first-order valence-electron chi connectivity index (χ1n) is 3.88. The van der Waals surface area contributed by atoms with Crippen LogP contribution in [-0.2, 0) is 4.74 Å². The molecule has 0 radical (unpaired) electrons. The third-order valence-corrected chi connectivity index (χ3v) is 1.80. The van der Waals surface area contributed by atoms with Gasteiger partial charge in [-0.1, -0.05) is 12.1 Å². The highest BCUT2D eigenvalue weighted by atomic mass is 16.5. The lowest BCUT2D eigenvalue weighted by Crippen LogP contribution is -2.06. The van der Waals surface area contributed by atoms with Crippen molar-refractivity contribution >= 4 is 11.7 Å². The van der Waals surface area contributed by atoms with E-state index in [1.54, 1.807) is 6.07 Å². The topological polar surface area (TPSA) is 38.3 Å². The number of ether oxygens (including phenoxy) is 1. The summed E-state index contributed by atoms with van der Waals surface area (Å²) in [5, 5.41) is 3.11. The zero-order valence-electron chi connectivity index (χ0n) is 6.54.